The van der Waals surface area contributed by atoms with Gasteiger partial charge in [0.05, 0.1) is 18.1 Å². The smallest absolute Gasteiger partial charge is 0.233 e. The van der Waals surface area contributed by atoms with Gasteiger partial charge in [0.25, 0.3) is 0 Å². The fourth-order valence-corrected chi connectivity index (χ4v) is 4.13. The van der Waals surface area contributed by atoms with Gasteiger partial charge in [-0.3, -0.25) is 4.79 Å². The molecule has 0 radical (unpaired) electrons. The van der Waals surface area contributed by atoms with E-state index < -0.39 is 0 Å². The molecule has 0 spiro atoms. The zero-order valence-electron chi connectivity index (χ0n) is 14.8. The van der Waals surface area contributed by atoms with Gasteiger partial charge in [-0.25, -0.2) is 0 Å². The van der Waals surface area contributed by atoms with Gasteiger partial charge in [0.15, 0.2) is 4.34 Å². The van der Waals surface area contributed by atoms with Gasteiger partial charge in [-0.05, 0) is 56.2 Å². The van der Waals surface area contributed by atoms with Gasteiger partial charge in [-0.1, -0.05) is 29.2 Å². The molecule has 0 bridgehead atoms. The molecule has 1 aromatic carbocycles. The molecule has 0 aliphatic rings. The average molecular weight is 389 g/mol. The van der Waals surface area contributed by atoms with Gasteiger partial charge in [0.2, 0.25) is 11.0 Å². The number of carbonyl (C=O) groups is 1. The normalized spacial score (nSPS) is 12.0. The van der Waals surface area contributed by atoms with Crippen molar-refractivity contribution in [1.82, 2.24) is 15.5 Å². The fraction of sp³-hybridized carbons (Fsp3) is 0.278. The zero-order chi connectivity index (χ0) is 18.5. The van der Waals surface area contributed by atoms with E-state index in [1.807, 2.05) is 19.1 Å². The highest BCUT2D eigenvalue weighted by Gasteiger charge is 2.17. The van der Waals surface area contributed by atoms with Crippen LogP contribution in [0.3, 0.4) is 0 Å². The number of nitrogens with zero attached hydrogens (tertiary/aromatic N) is 2. The standard InChI is InChI=1S/C18H20N4O2S2/c1-11-6-7-14(9-12(11)2)20-17-21-22-18(26-17)25-13(3)16(23)19-10-15-5-4-8-24-15/h4-9,13H,10H2,1-3H3,(H,19,23)(H,20,21). The third kappa shape index (κ3) is 4.86. The first kappa shape index (κ1) is 18.5. The Kier molecular flexibility index (Phi) is 5.95. The lowest BCUT2D eigenvalue weighted by molar-refractivity contribution is -0.120. The molecule has 2 aromatic heterocycles. The number of nitrogens with one attached hydrogen (secondary N) is 2. The summed E-state index contributed by atoms with van der Waals surface area (Å²) in [6.45, 7) is 6.38. The van der Waals surface area contributed by atoms with Crippen LogP contribution in [0.25, 0.3) is 0 Å². The van der Waals surface area contributed by atoms with Gasteiger partial charge >= 0.3 is 0 Å². The molecule has 0 fully saturated rings. The van der Waals surface area contributed by atoms with E-state index in [1.165, 1.54) is 34.2 Å². The van der Waals surface area contributed by atoms with Crippen LogP contribution in [-0.4, -0.2) is 21.4 Å². The highest BCUT2D eigenvalue weighted by atomic mass is 32.2. The Morgan fingerprint density at radius 1 is 1.27 bits per heavy atom. The molecule has 26 heavy (non-hydrogen) atoms. The molecule has 0 aliphatic heterocycles. The summed E-state index contributed by atoms with van der Waals surface area (Å²) >= 11 is 2.82. The number of thioether (sulfide) groups is 1. The Morgan fingerprint density at radius 2 is 2.12 bits per heavy atom. The van der Waals surface area contributed by atoms with Crippen LogP contribution in [0.15, 0.2) is 45.4 Å². The molecule has 0 saturated carbocycles. The van der Waals surface area contributed by atoms with Gasteiger partial charge < -0.3 is 15.1 Å². The highest BCUT2D eigenvalue weighted by Crippen LogP contribution is 2.30. The molecular weight excluding hydrogens is 368 g/mol. The largest absolute Gasteiger partial charge is 0.467 e. The molecule has 3 aromatic rings. The fourth-order valence-electron chi connectivity index (χ4n) is 2.19. The summed E-state index contributed by atoms with van der Waals surface area (Å²) < 4.78 is 5.95. The lowest BCUT2D eigenvalue weighted by Crippen LogP contribution is -2.30. The number of aryl methyl sites for hydroxylation is 2. The predicted molar refractivity (Wildman–Crippen MR) is 105 cm³/mol. The van der Waals surface area contributed by atoms with Crippen LogP contribution in [0, 0.1) is 13.8 Å². The number of benzene rings is 1. The summed E-state index contributed by atoms with van der Waals surface area (Å²) in [6.07, 6.45) is 1.59. The van der Waals surface area contributed by atoms with E-state index in [0.29, 0.717) is 11.7 Å². The molecular formula is C18H20N4O2S2. The SMILES string of the molecule is Cc1ccc(Nc2nnc(SC(C)C(=O)NCc3ccco3)s2)cc1C. The van der Waals surface area contributed by atoms with E-state index >= 15 is 0 Å². The zero-order valence-corrected chi connectivity index (χ0v) is 16.4. The van der Waals surface area contributed by atoms with Gasteiger partial charge in [-0.2, -0.15) is 0 Å². The van der Waals surface area contributed by atoms with Crippen LogP contribution in [-0.2, 0) is 11.3 Å². The molecule has 2 heterocycles. The lowest BCUT2D eigenvalue weighted by atomic mass is 10.1. The van der Waals surface area contributed by atoms with Crippen LogP contribution in [0.2, 0.25) is 0 Å². The summed E-state index contributed by atoms with van der Waals surface area (Å²) in [5.74, 6) is 0.664. The van der Waals surface area contributed by atoms with E-state index in [4.69, 9.17) is 4.42 Å². The van der Waals surface area contributed by atoms with Crippen molar-refractivity contribution in [2.24, 2.45) is 0 Å². The average Bonchev–Trinajstić information content (AvgIpc) is 3.28. The molecule has 1 atom stereocenters. The number of amides is 1. The second kappa shape index (κ2) is 8.37. The number of aromatic nitrogens is 2. The van der Waals surface area contributed by atoms with Crippen LogP contribution in [0.1, 0.15) is 23.8 Å². The van der Waals surface area contributed by atoms with Crippen molar-refractivity contribution in [3.8, 4) is 0 Å². The minimum atomic E-state index is -0.271. The summed E-state index contributed by atoms with van der Waals surface area (Å²) in [5.41, 5.74) is 3.44. The lowest BCUT2D eigenvalue weighted by Gasteiger charge is -2.08. The van der Waals surface area contributed by atoms with Crippen molar-refractivity contribution >= 4 is 39.8 Å². The number of hydrogen-bond donors (Lipinski definition) is 2. The molecule has 136 valence electrons. The van der Waals surface area contributed by atoms with E-state index in [0.717, 1.165) is 15.8 Å². The first-order valence-corrected chi connectivity index (χ1v) is 9.85. The van der Waals surface area contributed by atoms with E-state index in [9.17, 15) is 4.79 Å². The third-order valence-electron chi connectivity index (χ3n) is 3.83. The summed E-state index contributed by atoms with van der Waals surface area (Å²) in [6, 6.07) is 9.79. The molecule has 0 aliphatic carbocycles. The minimum Gasteiger partial charge on any atom is -0.467 e. The van der Waals surface area contributed by atoms with Crippen molar-refractivity contribution in [1.29, 1.82) is 0 Å². The molecule has 2 N–H and O–H groups in total. The van der Waals surface area contributed by atoms with Crippen LogP contribution >= 0.6 is 23.1 Å². The van der Waals surface area contributed by atoms with Crippen molar-refractivity contribution in [2.75, 3.05) is 5.32 Å². The van der Waals surface area contributed by atoms with Crippen LogP contribution < -0.4 is 10.6 Å². The van der Waals surface area contributed by atoms with E-state index in [-0.39, 0.29) is 11.2 Å². The first-order chi connectivity index (χ1) is 12.5. The van der Waals surface area contributed by atoms with Crippen LogP contribution in [0.5, 0.6) is 0 Å². The maximum Gasteiger partial charge on any atom is 0.233 e. The summed E-state index contributed by atoms with van der Waals surface area (Å²) in [7, 11) is 0. The van der Waals surface area contributed by atoms with Gasteiger partial charge in [0, 0.05) is 5.69 Å². The second-order valence-corrected chi connectivity index (χ2v) is 8.42. The van der Waals surface area contributed by atoms with Crippen molar-refractivity contribution in [3.63, 3.8) is 0 Å². The Bertz CT molecular complexity index is 877. The maximum atomic E-state index is 12.2. The third-order valence-corrected chi connectivity index (χ3v) is 5.85. The second-order valence-electron chi connectivity index (χ2n) is 5.85. The number of hydrogen-bond acceptors (Lipinski definition) is 7. The summed E-state index contributed by atoms with van der Waals surface area (Å²) in [5, 5.41) is 14.9. The Labute approximate surface area is 160 Å². The molecule has 3 rings (SSSR count). The van der Waals surface area contributed by atoms with Crippen molar-refractivity contribution in [2.45, 2.75) is 36.9 Å². The Morgan fingerprint density at radius 3 is 2.85 bits per heavy atom. The first-order valence-electron chi connectivity index (χ1n) is 8.16. The molecule has 1 unspecified atom stereocenters. The Hall–Kier alpha value is -2.32. The number of rotatable bonds is 7. The van der Waals surface area contributed by atoms with Crippen molar-refractivity contribution < 1.29 is 9.21 Å². The van der Waals surface area contributed by atoms with Crippen LogP contribution in [0.4, 0.5) is 10.8 Å². The monoisotopic (exact) mass is 388 g/mol. The number of furan rings is 1. The molecule has 1 amide bonds. The topological polar surface area (TPSA) is 80.0 Å². The highest BCUT2D eigenvalue weighted by molar-refractivity contribution is 8.02. The molecule has 6 nitrogen and oxygen atoms in total. The van der Waals surface area contributed by atoms with Gasteiger partial charge in [-0.15, -0.1) is 10.2 Å². The van der Waals surface area contributed by atoms with E-state index in [2.05, 4.69) is 46.8 Å². The summed E-state index contributed by atoms with van der Waals surface area (Å²) in [4.78, 5) is 12.2. The van der Waals surface area contributed by atoms with Crippen molar-refractivity contribution in [3.05, 3.63) is 53.5 Å². The Balaban J connectivity index is 1.53. The quantitative estimate of drug-likeness (QED) is 0.588. The number of anilines is 2. The van der Waals surface area contributed by atoms with Gasteiger partial charge in [0.1, 0.15) is 5.76 Å². The minimum absolute atomic E-state index is 0.0646. The maximum absolute atomic E-state index is 12.2. The van der Waals surface area contributed by atoms with E-state index in [1.54, 1.807) is 12.3 Å². The molecule has 8 heteroatoms. The number of carbonyl (C=O) groups excluding carboxylic acids is 1. The predicted octanol–water partition coefficient (Wildman–Crippen LogP) is 4.29. The molecule has 0 saturated heterocycles.